The van der Waals surface area contributed by atoms with Crippen LogP contribution in [0.2, 0.25) is 0 Å². The van der Waals surface area contributed by atoms with Gasteiger partial charge in [-0.1, -0.05) is 0 Å². The molecule has 0 aliphatic heterocycles. The van der Waals surface area contributed by atoms with Crippen LogP contribution in [0.4, 0.5) is 11.5 Å². The first-order chi connectivity index (χ1) is 9.11. The van der Waals surface area contributed by atoms with Gasteiger partial charge in [0.25, 0.3) is 0 Å². The highest BCUT2D eigenvalue weighted by Gasteiger charge is 2.12. The lowest BCUT2D eigenvalue weighted by Gasteiger charge is -2.09. The van der Waals surface area contributed by atoms with Crippen molar-refractivity contribution in [1.29, 1.82) is 0 Å². The van der Waals surface area contributed by atoms with Crippen molar-refractivity contribution in [2.75, 3.05) is 11.1 Å². The smallest absolute Gasteiger partial charge is 0.337 e. The molecule has 0 saturated heterocycles. The quantitative estimate of drug-likeness (QED) is 0.721. The fraction of sp³-hybridized carbons (Fsp3) is 0.273. The number of carbonyl (C=O) groups is 1. The second-order valence-corrected chi connectivity index (χ2v) is 3.85. The minimum Gasteiger partial charge on any atom is -0.478 e. The zero-order chi connectivity index (χ0) is 13.8. The van der Waals surface area contributed by atoms with E-state index in [0.717, 1.165) is 12.4 Å². The van der Waals surface area contributed by atoms with Gasteiger partial charge in [0.2, 0.25) is 0 Å². The molecule has 0 aliphatic carbocycles. The molecule has 2 aromatic heterocycles. The van der Waals surface area contributed by atoms with E-state index in [1.54, 1.807) is 6.33 Å². The maximum atomic E-state index is 11.1. The molecule has 0 bridgehead atoms. The van der Waals surface area contributed by atoms with Crippen molar-refractivity contribution in [1.82, 2.24) is 19.7 Å². The lowest BCUT2D eigenvalue weighted by atomic mass is 10.2. The number of carboxylic acids is 1. The summed E-state index contributed by atoms with van der Waals surface area (Å²) in [6.45, 7) is 3.08. The van der Waals surface area contributed by atoms with Gasteiger partial charge in [-0.05, 0) is 13.0 Å². The second-order valence-electron chi connectivity index (χ2n) is 3.85. The lowest BCUT2D eigenvalue weighted by molar-refractivity contribution is 0.0698. The molecule has 4 N–H and O–H groups in total. The molecule has 2 rings (SSSR count). The van der Waals surface area contributed by atoms with E-state index < -0.39 is 5.97 Å². The van der Waals surface area contributed by atoms with Crippen molar-refractivity contribution in [2.24, 2.45) is 0 Å². The summed E-state index contributed by atoms with van der Waals surface area (Å²) >= 11 is 0. The number of nitrogen functional groups attached to an aromatic ring is 1. The Morgan fingerprint density at radius 3 is 3.05 bits per heavy atom. The lowest BCUT2D eigenvalue weighted by Crippen LogP contribution is -2.11. The number of aromatic nitrogens is 4. The molecule has 0 unspecified atom stereocenters. The Hall–Kier alpha value is -2.64. The predicted octanol–water partition coefficient (Wildman–Crippen LogP) is 0.586. The maximum absolute atomic E-state index is 11.1. The predicted molar refractivity (Wildman–Crippen MR) is 68.6 cm³/mol. The van der Waals surface area contributed by atoms with Gasteiger partial charge in [0, 0.05) is 6.54 Å². The Bertz CT molecular complexity index is 595. The van der Waals surface area contributed by atoms with Crippen molar-refractivity contribution < 1.29 is 9.90 Å². The third kappa shape index (κ3) is 2.79. The van der Waals surface area contributed by atoms with E-state index in [1.807, 2.05) is 11.5 Å². The Labute approximate surface area is 109 Å². The van der Waals surface area contributed by atoms with Gasteiger partial charge < -0.3 is 20.7 Å². The van der Waals surface area contributed by atoms with Gasteiger partial charge in [-0.3, -0.25) is 0 Å². The fourth-order valence-electron chi connectivity index (χ4n) is 1.64. The van der Waals surface area contributed by atoms with Gasteiger partial charge in [0.1, 0.15) is 12.1 Å². The number of hydrogen-bond acceptors (Lipinski definition) is 6. The van der Waals surface area contributed by atoms with Crippen LogP contribution in [-0.4, -0.2) is 30.8 Å². The largest absolute Gasteiger partial charge is 0.478 e. The maximum Gasteiger partial charge on any atom is 0.337 e. The molecular weight excluding hydrogens is 248 g/mol. The molecule has 0 spiro atoms. The van der Waals surface area contributed by atoms with E-state index in [4.69, 9.17) is 10.8 Å². The van der Waals surface area contributed by atoms with Crippen molar-refractivity contribution in [3.05, 3.63) is 30.0 Å². The van der Waals surface area contributed by atoms with Gasteiger partial charge in [-0.2, -0.15) is 0 Å². The van der Waals surface area contributed by atoms with E-state index in [0.29, 0.717) is 12.2 Å². The topological polar surface area (TPSA) is 119 Å². The second kappa shape index (κ2) is 5.34. The molecule has 2 heterocycles. The first-order valence-electron chi connectivity index (χ1n) is 5.71. The van der Waals surface area contributed by atoms with Gasteiger partial charge in [0.05, 0.1) is 24.0 Å². The van der Waals surface area contributed by atoms with Gasteiger partial charge >= 0.3 is 5.97 Å². The van der Waals surface area contributed by atoms with Gasteiger partial charge in [0.15, 0.2) is 5.82 Å². The number of aromatic carboxylic acids is 1. The summed E-state index contributed by atoms with van der Waals surface area (Å²) in [4.78, 5) is 15.0. The van der Waals surface area contributed by atoms with Crippen molar-refractivity contribution in [3.63, 3.8) is 0 Å². The number of rotatable bonds is 5. The molecule has 0 saturated carbocycles. The van der Waals surface area contributed by atoms with Crippen LogP contribution in [0, 0.1) is 0 Å². The number of hydrogen-bond donors (Lipinski definition) is 3. The Kier molecular flexibility index (Phi) is 3.60. The van der Waals surface area contributed by atoms with Crippen LogP contribution in [0.25, 0.3) is 0 Å². The molecule has 0 atom stereocenters. The summed E-state index contributed by atoms with van der Waals surface area (Å²) in [6, 6.07) is 1.31. The van der Waals surface area contributed by atoms with E-state index in [-0.39, 0.29) is 11.4 Å². The van der Waals surface area contributed by atoms with Gasteiger partial charge in [-0.25, -0.2) is 9.78 Å². The minimum absolute atomic E-state index is 0.0788. The zero-order valence-electron chi connectivity index (χ0n) is 10.4. The molecule has 8 heteroatoms. The summed E-state index contributed by atoms with van der Waals surface area (Å²) < 4.78 is 1.86. The van der Waals surface area contributed by atoms with E-state index in [1.165, 1.54) is 12.3 Å². The van der Waals surface area contributed by atoms with E-state index >= 15 is 0 Å². The van der Waals surface area contributed by atoms with Crippen molar-refractivity contribution >= 4 is 17.5 Å². The fourth-order valence-corrected chi connectivity index (χ4v) is 1.64. The number of anilines is 2. The monoisotopic (exact) mass is 262 g/mol. The zero-order valence-corrected chi connectivity index (χ0v) is 10.4. The number of nitrogens with zero attached hydrogens (tertiary/aromatic N) is 4. The number of aryl methyl sites for hydroxylation is 1. The Morgan fingerprint density at radius 2 is 2.37 bits per heavy atom. The van der Waals surface area contributed by atoms with E-state index in [9.17, 15) is 4.79 Å². The van der Waals surface area contributed by atoms with Crippen LogP contribution in [-0.2, 0) is 13.1 Å². The van der Waals surface area contributed by atoms with E-state index in [2.05, 4.69) is 20.5 Å². The van der Waals surface area contributed by atoms with Crippen LogP contribution in [0.3, 0.4) is 0 Å². The number of carboxylic acid groups (broad SMARTS) is 1. The number of nitrogens with one attached hydrogen (secondary N) is 1. The Balaban J connectivity index is 2.18. The highest BCUT2D eigenvalue weighted by Crippen LogP contribution is 2.17. The summed E-state index contributed by atoms with van der Waals surface area (Å²) in [5, 5.41) is 19.8. The molecule has 0 radical (unpaired) electrons. The molecular formula is C11H14N6O2. The number of pyridine rings is 1. The average molecular weight is 262 g/mol. The molecule has 0 fully saturated rings. The van der Waals surface area contributed by atoms with Crippen LogP contribution in [0.15, 0.2) is 18.6 Å². The van der Waals surface area contributed by atoms with Crippen LogP contribution in [0.1, 0.15) is 23.1 Å². The summed E-state index contributed by atoms with van der Waals surface area (Å²) in [6.07, 6.45) is 3.02. The van der Waals surface area contributed by atoms with Crippen LogP contribution >= 0.6 is 0 Å². The molecule has 2 aromatic rings. The Morgan fingerprint density at radius 1 is 1.58 bits per heavy atom. The third-order valence-electron chi connectivity index (χ3n) is 2.63. The molecule has 100 valence electrons. The van der Waals surface area contributed by atoms with Crippen LogP contribution < -0.4 is 11.1 Å². The molecule has 19 heavy (non-hydrogen) atoms. The average Bonchev–Trinajstić information content (AvgIpc) is 2.84. The normalized spacial score (nSPS) is 10.4. The first-order valence-corrected chi connectivity index (χ1v) is 5.71. The molecule has 8 nitrogen and oxygen atoms in total. The summed E-state index contributed by atoms with van der Waals surface area (Å²) in [7, 11) is 0. The van der Waals surface area contributed by atoms with Gasteiger partial charge in [-0.15, -0.1) is 10.2 Å². The highest BCUT2D eigenvalue weighted by atomic mass is 16.4. The molecule has 0 amide bonds. The highest BCUT2D eigenvalue weighted by molar-refractivity contribution is 5.94. The number of nitrogens with two attached hydrogens (primary N) is 1. The standard InChI is InChI=1S/C11H14N6O2/c1-2-17-6-15-16-10(17)5-13-8-4-14-9(12)3-7(8)11(18)19/h3-4,6,13H,2,5H2,1H3,(H2,12,14)(H,18,19). The molecule has 0 aliphatic rings. The van der Waals surface area contributed by atoms with Crippen molar-refractivity contribution in [3.8, 4) is 0 Å². The van der Waals surface area contributed by atoms with Crippen molar-refractivity contribution in [2.45, 2.75) is 20.0 Å². The SMILES string of the molecule is CCn1cnnc1CNc1cnc(N)cc1C(=O)O. The minimum atomic E-state index is -1.06. The third-order valence-corrected chi connectivity index (χ3v) is 2.63. The summed E-state index contributed by atoms with van der Waals surface area (Å²) in [5.74, 6) is -0.177. The first kappa shape index (κ1) is 12.8. The summed E-state index contributed by atoms with van der Waals surface area (Å²) in [5.41, 5.74) is 5.95. The molecule has 0 aromatic carbocycles. The van der Waals surface area contributed by atoms with Crippen LogP contribution in [0.5, 0.6) is 0 Å².